The Morgan fingerprint density at radius 1 is 0.786 bits per heavy atom. The molecule has 1 N–H and O–H groups in total. The molecule has 6 heteroatoms. The van der Waals surface area contributed by atoms with Gasteiger partial charge in [-0.05, 0) is 54.4 Å². The highest BCUT2D eigenvalue weighted by molar-refractivity contribution is 6.35. The maximum Gasteiger partial charge on any atom is 0.119 e. The molecule has 0 aliphatic rings. The second-order valence-corrected chi connectivity index (χ2v) is 7.44. The van der Waals surface area contributed by atoms with Crippen LogP contribution in [0.2, 0.25) is 15.1 Å². The van der Waals surface area contributed by atoms with E-state index in [0.717, 1.165) is 41.4 Å². The maximum absolute atomic E-state index is 6.19. The normalized spacial score (nSPS) is 10.4. The van der Waals surface area contributed by atoms with Crippen LogP contribution in [0.4, 0.5) is 0 Å². The molecule has 0 heterocycles. The predicted octanol–water partition coefficient (Wildman–Crippen LogP) is 6.98. The van der Waals surface area contributed by atoms with E-state index in [2.05, 4.69) is 17.4 Å². The van der Waals surface area contributed by atoms with Crippen molar-refractivity contribution in [2.75, 3.05) is 6.54 Å². The van der Waals surface area contributed by atoms with Gasteiger partial charge in [-0.2, -0.15) is 0 Å². The van der Waals surface area contributed by atoms with Gasteiger partial charge in [0.15, 0.2) is 0 Å². The lowest BCUT2D eigenvalue weighted by Crippen LogP contribution is -2.16. The molecule has 3 aromatic rings. The Hall–Kier alpha value is -1.42. The van der Waals surface area contributed by atoms with Crippen LogP contribution in [0, 0.1) is 0 Å². The molecule has 3 aromatic carbocycles. The standard InChI is InChI=1S/C22H20Cl3NO.ClH/c23-19-8-7-17(22(25)13-19)11-12-26-14-16-5-9-20(10-6-16)27-15-18-3-1-2-4-21(18)24;/h1-10,13,26H,11-12,14-15H2;1H. The molecule has 0 atom stereocenters. The van der Waals surface area contributed by atoms with E-state index in [-0.39, 0.29) is 12.4 Å². The smallest absolute Gasteiger partial charge is 0.119 e. The van der Waals surface area contributed by atoms with E-state index in [1.807, 2.05) is 48.5 Å². The van der Waals surface area contributed by atoms with Gasteiger partial charge in [-0.1, -0.05) is 71.2 Å². The van der Waals surface area contributed by atoms with Crippen molar-refractivity contribution in [3.05, 3.63) is 98.5 Å². The Morgan fingerprint density at radius 3 is 2.25 bits per heavy atom. The molecule has 0 radical (unpaired) electrons. The fourth-order valence-electron chi connectivity index (χ4n) is 2.66. The number of hydrogen-bond acceptors (Lipinski definition) is 2. The molecule has 0 spiro atoms. The summed E-state index contributed by atoms with van der Waals surface area (Å²) in [4.78, 5) is 0. The minimum Gasteiger partial charge on any atom is -0.489 e. The van der Waals surface area contributed by atoms with E-state index in [4.69, 9.17) is 39.5 Å². The van der Waals surface area contributed by atoms with Crippen LogP contribution in [-0.2, 0) is 19.6 Å². The van der Waals surface area contributed by atoms with E-state index in [9.17, 15) is 0 Å². The van der Waals surface area contributed by atoms with Crippen LogP contribution in [0.1, 0.15) is 16.7 Å². The van der Waals surface area contributed by atoms with Gasteiger partial charge in [0.2, 0.25) is 0 Å². The number of ether oxygens (including phenoxy) is 1. The van der Waals surface area contributed by atoms with Crippen molar-refractivity contribution in [2.24, 2.45) is 0 Å². The average molecular weight is 457 g/mol. The van der Waals surface area contributed by atoms with Gasteiger partial charge in [-0.25, -0.2) is 0 Å². The molecule has 2 nitrogen and oxygen atoms in total. The molecule has 0 amide bonds. The Kier molecular flexibility index (Phi) is 9.43. The number of rotatable bonds is 8. The van der Waals surface area contributed by atoms with E-state index in [1.54, 1.807) is 6.07 Å². The average Bonchev–Trinajstić information content (AvgIpc) is 2.67. The first-order valence-corrected chi connectivity index (χ1v) is 9.85. The first-order chi connectivity index (χ1) is 13.1. The second-order valence-electron chi connectivity index (χ2n) is 6.19. The summed E-state index contributed by atoms with van der Waals surface area (Å²) in [5.41, 5.74) is 3.27. The largest absolute Gasteiger partial charge is 0.489 e. The molecule has 0 aliphatic heterocycles. The van der Waals surface area contributed by atoms with Crippen molar-refractivity contribution in [3.8, 4) is 5.75 Å². The fourth-order valence-corrected chi connectivity index (χ4v) is 3.35. The first kappa shape index (κ1) is 22.9. The maximum atomic E-state index is 6.19. The zero-order valence-electron chi connectivity index (χ0n) is 15.1. The second kappa shape index (κ2) is 11.5. The molecular formula is C22H21Cl4NO. The van der Waals surface area contributed by atoms with Gasteiger partial charge in [0.05, 0.1) is 0 Å². The minimum atomic E-state index is 0. The van der Waals surface area contributed by atoms with Crippen molar-refractivity contribution in [2.45, 2.75) is 19.6 Å². The van der Waals surface area contributed by atoms with Gasteiger partial charge in [0, 0.05) is 27.2 Å². The SMILES string of the molecule is Cl.Clc1ccc(CCNCc2ccc(OCc3ccccc3Cl)cc2)c(Cl)c1. The molecule has 0 bridgehead atoms. The van der Waals surface area contributed by atoms with Crippen LogP contribution in [0.15, 0.2) is 66.7 Å². The number of nitrogens with one attached hydrogen (secondary N) is 1. The molecule has 148 valence electrons. The number of benzene rings is 3. The van der Waals surface area contributed by atoms with Crippen molar-refractivity contribution >= 4 is 47.2 Å². The van der Waals surface area contributed by atoms with E-state index < -0.39 is 0 Å². The summed E-state index contributed by atoms with van der Waals surface area (Å²) in [6, 6.07) is 21.4. The Bertz CT molecular complexity index is 884. The molecule has 28 heavy (non-hydrogen) atoms. The highest BCUT2D eigenvalue weighted by Crippen LogP contribution is 2.21. The molecule has 0 fully saturated rings. The summed E-state index contributed by atoms with van der Waals surface area (Å²) in [7, 11) is 0. The lowest BCUT2D eigenvalue weighted by Gasteiger charge is -2.10. The fraction of sp³-hybridized carbons (Fsp3) is 0.182. The lowest BCUT2D eigenvalue weighted by atomic mass is 10.1. The third-order valence-electron chi connectivity index (χ3n) is 4.19. The van der Waals surface area contributed by atoms with Gasteiger partial charge >= 0.3 is 0 Å². The highest BCUT2D eigenvalue weighted by atomic mass is 35.5. The van der Waals surface area contributed by atoms with Crippen molar-refractivity contribution in [1.29, 1.82) is 0 Å². The van der Waals surface area contributed by atoms with Gasteiger partial charge in [0.1, 0.15) is 12.4 Å². The Balaban J connectivity index is 0.00000280. The number of hydrogen-bond donors (Lipinski definition) is 1. The Morgan fingerprint density at radius 2 is 1.54 bits per heavy atom. The topological polar surface area (TPSA) is 21.3 Å². The van der Waals surface area contributed by atoms with Crippen LogP contribution in [0.5, 0.6) is 5.75 Å². The predicted molar refractivity (Wildman–Crippen MR) is 121 cm³/mol. The summed E-state index contributed by atoms with van der Waals surface area (Å²) >= 11 is 18.3. The molecule has 0 unspecified atom stereocenters. The first-order valence-electron chi connectivity index (χ1n) is 8.71. The summed E-state index contributed by atoms with van der Waals surface area (Å²) < 4.78 is 5.80. The summed E-state index contributed by atoms with van der Waals surface area (Å²) in [5.74, 6) is 0.826. The van der Waals surface area contributed by atoms with Crippen LogP contribution in [0.3, 0.4) is 0 Å². The molecule has 0 saturated heterocycles. The van der Waals surface area contributed by atoms with Gasteiger partial charge in [-0.3, -0.25) is 0 Å². The van der Waals surface area contributed by atoms with Crippen molar-refractivity contribution < 1.29 is 4.74 Å². The van der Waals surface area contributed by atoms with Crippen molar-refractivity contribution in [3.63, 3.8) is 0 Å². The van der Waals surface area contributed by atoms with Gasteiger partial charge in [0.25, 0.3) is 0 Å². The zero-order valence-corrected chi connectivity index (χ0v) is 18.2. The Labute approximate surface area is 187 Å². The summed E-state index contributed by atoms with van der Waals surface area (Å²) in [6.07, 6.45) is 0.856. The summed E-state index contributed by atoms with van der Waals surface area (Å²) in [6.45, 7) is 2.08. The van der Waals surface area contributed by atoms with Crippen LogP contribution in [-0.4, -0.2) is 6.54 Å². The summed E-state index contributed by atoms with van der Waals surface area (Å²) in [5, 5.41) is 5.52. The zero-order chi connectivity index (χ0) is 19.1. The molecule has 0 saturated carbocycles. The third-order valence-corrected chi connectivity index (χ3v) is 5.15. The minimum absolute atomic E-state index is 0. The third kappa shape index (κ3) is 6.88. The quantitative estimate of drug-likeness (QED) is 0.369. The number of halogens is 4. The van der Waals surface area contributed by atoms with Crippen LogP contribution >= 0.6 is 47.2 Å². The molecule has 3 rings (SSSR count). The van der Waals surface area contributed by atoms with E-state index >= 15 is 0 Å². The van der Waals surface area contributed by atoms with E-state index in [0.29, 0.717) is 16.7 Å². The van der Waals surface area contributed by atoms with Gasteiger partial charge in [-0.15, -0.1) is 12.4 Å². The monoisotopic (exact) mass is 455 g/mol. The highest BCUT2D eigenvalue weighted by Gasteiger charge is 2.03. The van der Waals surface area contributed by atoms with Crippen LogP contribution in [0.25, 0.3) is 0 Å². The molecule has 0 aromatic heterocycles. The van der Waals surface area contributed by atoms with Crippen LogP contribution < -0.4 is 10.1 Å². The van der Waals surface area contributed by atoms with Crippen molar-refractivity contribution in [1.82, 2.24) is 5.32 Å². The van der Waals surface area contributed by atoms with Gasteiger partial charge < -0.3 is 10.1 Å². The van der Waals surface area contributed by atoms with E-state index in [1.165, 1.54) is 5.56 Å². The molecular weight excluding hydrogens is 436 g/mol. The lowest BCUT2D eigenvalue weighted by molar-refractivity contribution is 0.306. The molecule has 0 aliphatic carbocycles.